The fourth-order valence-electron chi connectivity index (χ4n) is 3.36. The van der Waals surface area contributed by atoms with Crippen molar-refractivity contribution in [3.8, 4) is 11.3 Å². The van der Waals surface area contributed by atoms with Gasteiger partial charge in [-0.2, -0.15) is 0 Å². The summed E-state index contributed by atoms with van der Waals surface area (Å²) in [6.07, 6.45) is 3.25. The molecule has 1 aliphatic rings. The Morgan fingerprint density at radius 3 is 2.35 bits per heavy atom. The standard InChI is InChI=1S/C22H19ClFNO/c23-19-5-1-18(2-6-19)22-10-9-21(26-22)15-25-13-11-17(12-14-25)16-3-7-20(24)8-4-16/h1-11H,12-15H2/p+1. The zero-order valence-corrected chi connectivity index (χ0v) is 15.1. The topological polar surface area (TPSA) is 17.6 Å². The van der Waals surface area contributed by atoms with E-state index in [9.17, 15) is 4.39 Å². The maximum Gasteiger partial charge on any atom is 0.158 e. The second-order valence-corrected chi connectivity index (χ2v) is 7.08. The van der Waals surface area contributed by atoms with Crippen LogP contribution < -0.4 is 4.90 Å². The molecule has 2 heterocycles. The highest BCUT2D eigenvalue weighted by Crippen LogP contribution is 2.24. The second kappa shape index (κ2) is 7.48. The summed E-state index contributed by atoms with van der Waals surface area (Å²) >= 11 is 5.94. The molecule has 1 N–H and O–H groups in total. The Bertz CT molecular complexity index is 912. The number of rotatable bonds is 4. The molecule has 0 aliphatic carbocycles. The van der Waals surface area contributed by atoms with Gasteiger partial charge in [-0.25, -0.2) is 4.39 Å². The Balaban J connectivity index is 1.40. The van der Waals surface area contributed by atoms with Gasteiger partial charge in [0.25, 0.3) is 0 Å². The fraction of sp³-hybridized carbons (Fsp3) is 0.182. The smallest absolute Gasteiger partial charge is 0.158 e. The molecule has 26 heavy (non-hydrogen) atoms. The molecule has 0 bridgehead atoms. The average molecular weight is 369 g/mol. The van der Waals surface area contributed by atoms with E-state index in [1.165, 1.54) is 22.6 Å². The summed E-state index contributed by atoms with van der Waals surface area (Å²) in [7, 11) is 0. The molecule has 0 radical (unpaired) electrons. The summed E-state index contributed by atoms with van der Waals surface area (Å²) in [5.74, 6) is 1.67. The molecule has 132 valence electrons. The van der Waals surface area contributed by atoms with Gasteiger partial charge in [-0.1, -0.05) is 23.7 Å². The zero-order chi connectivity index (χ0) is 17.9. The van der Waals surface area contributed by atoms with Crippen LogP contribution in [-0.4, -0.2) is 13.1 Å². The molecule has 1 aromatic heterocycles. The molecule has 0 saturated heterocycles. The molecule has 0 fully saturated rings. The van der Waals surface area contributed by atoms with E-state index in [0.29, 0.717) is 0 Å². The van der Waals surface area contributed by atoms with E-state index < -0.39 is 0 Å². The van der Waals surface area contributed by atoms with Crippen molar-refractivity contribution in [3.05, 3.63) is 88.9 Å². The highest BCUT2D eigenvalue weighted by Gasteiger charge is 2.18. The third-order valence-corrected chi connectivity index (χ3v) is 5.07. The molecule has 4 heteroatoms. The van der Waals surface area contributed by atoms with Gasteiger partial charge in [0.05, 0.1) is 13.1 Å². The summed E-state index contributed by atoms with van der Waals surface area (Å²) in [5.41, 5.74) is 3.45. The molecule has 3 aromatic rings. The molecule has 2 aromatic carbocycles. The van der Waals surface area contributed by atoms with Crippen LogP contribution >= 0.6 is 11.6 Å². The largest absolute Gasteiger partial charge is 0.455 e. The highest BCUT2D eigenvalue weighted by molar-refractivity contribution is 6.30. The molecule has 2 nitrogen and oxygen atoms in total. The number of quaternary nitrogens is 1. The van der Waals surface area contributed by atoms with E-state index in [4.69, 9.17) is 16.0 Å². The lowest BCUT2D eigenvalue weighted by Crippen LogP contribution is -3.11. The minimum atomic E-state index is -0.188. The van der Waals surface area contributed by atoms with Crippen LogP contribution in [0.25, 0.3) is 16.9 Å². The molecule has 0 saturated carbocycles. The van der Waals surface area contributed by atoms with Gasteiger partial charge < -0.3 is 9.32 Å². The quantitative estimate of drug-likeness (QED) is 0.711. The first kappa shape index (κ1) is 17.1. The van der Waals surface area contributed by atoms with Gasteiger partial charge in [0.1, 0.15) is 18.1 Å². The molecule has 1 aliphatic heterocycles. The summed E-state index contributed by atoms with van der Waals surface area (Å²) in [4.78, 5) is 1.47. The van der Waals surface area contributed by atoms with Crippen LogP contribution in [0.1, 0.15) is 17.7 Å². The van der Waals surface area contributed by atoms with Gasteiger partial charge in [-0.3, -0.25) is 0 Å². The van der Waals surface area contributed by atoms with E-state index in [1.54, 1.807) is 0 Å². The zero-order valence-electron chi connectivity index (χ0n) is 14.3. The number of benzene rings is 2. The highest BCUT2D eigenvalue weighted by atomic mass is 35.5. The predicted octanol–water partition coefficient (Wildman–Crippen LogP) is 4.61. The van der Waals surface area contributed by atoms with Gasteiger partial charge in [-0.15, -0.1) is 0 Å². The van der Waals surface area contributed by atoms with Crippen molar-refractivity contribution in [3.63, 3.8) is 0 Å². The third-order valence-electron chi connectivity index (χ3n) is 4.81. The minimum Gasteiger partial charge on any atom is -0.455 e. The summed E-state index contributed by atoms with van der Waals surface area (Å²) in [5, 5.41) is 0.724. The first-order chi connectivity index (χ1) is 12.7. The van der Waals surface area contributed by atoms with Gasteiger partial charge in [0.15, 0.2) is 5.76 Å². The number of furan rings is 1. The van der Waals surface area contributed by atoms with E-state index in [-0.39, 0.29) is 5.82 Å². The molecule has 1 atom stereocenters. The Morgan fingerprint density at radius 1 is 0.923 bits per heavy atom. The average Bonchev–Trinajstić information content (AvgIpc) is 3.12. The molecular formula is C22H20ClFNO+. The monoisotopic (exact) mass is 368 g/mol. The predicted molar refractivity (Wildman–Crippen MR) is 103 cm³/mol. The van der Waals surface area contributed by atoms with Gasteiger partial charge in [0, 0.05) is 17.0 Å². The van der Waals surface area contributed by atoms with Crippen molar-refractivity contribution < 1.29 is 13.7 Å². The number of hydrogen-bond donors (Lipinski definition) is 1. The molecule has 4 rings (SSSR count). The number of nitrogens with one attached hydrogen (secondary N) is 1. The van der Waals surface area contributed by atoms with Crippen molar-refractivity contribution in [2.75, 3.05) is 13.1 Å². The van der Waals surface area contributed by atoms with Crippen LogP contribution in [0.2, 0.25) is 5.02 Å². The third kappa shape index (κ3) is 3.90. The van der Waals surface area contributed by atoms with Crippen molar-refractivity contribution in [1.82, 2.24) is 0 Å². The lowest BCUT2D eigenvalue weighted by molar-refractivity contribution is -0.909. The normalized spacial score (nSPS) is 17.2. The molecule has 0 spiro atoms. The van der Waals surface area contributed by atoms with Gasteiger partial charge >= 0.3 is 0 Å². The molecule has 1 unspecified atom stereocenters. The van der Waals surface area contributed by atoms with Gasteiger partial charge in [0.2, 0.25) is 0 Å². The van der Waals surface area contributed by atoms with E-state index >= 15 is 0 Å². The Labute approximate surface area is 157 Å². The van der Waals surface area contributed by atoms with Crippen LogP contribution in [0.4, 0.5) is 4.39 Å². The fourth-order valence-corrected chi connectivity index (χ4v) is 3.48. The Kier molecular flexibility index (Phi) is 4.91. The first-order valence-electron chi connectivity index (χ1n) is 8.80. The molecular weight excluding hydrogens is 349 g/mol. The van der Waals surface area contributed by atoms with Crippen molar-refractivity contribution >= 4 is 17.2 Å². The van der Waals surface area contributed by atoms with Crippen molar-refractivity contribution in [2.24, 2.45) is 0 Å². The van der Waals surface area contributed by atoms with E-state index in [0.717, 1.165) is 53.7 Å². The SMILES string of the molecule is Fc1ccc(C2=CC[NH+](Cc3ccc(-c4ccc(Cl)cc4)o3)CC2)cc1. The van der Waals surface area contributed by atoms with Crippen LogP contribution in [-0.2, 0) is 6.54 Å². The van der Waals surface area contributed by atoms with Crippen LogP contribution in [0.5, 0.6) is 0 Å². The lowest BCUT2D eigenvalue weighted by atomic mass is 9.99. The minimum absolute atomic E-state index is 0.188. The molecule has 0 amide bonds. The second-order valence-electron chi connectivity index (χ2n) is 6.64. The first-order valence-corrected chi connectivity index (χ1v) is 9.18. The Morgan fingerprint density at radius 2 is 1.65 bits per heavy atom. The van der Waals surface area contributed by atoms with E-state index in [1.807, 2.05) is 42.5 Å². The van der Waals surface area contributed by atoms with E-state index in [2.05, 4.69) is 12.1 Å². The van der Waals surface area contributed by atoms with Crippen LogP contribution in [0.15, 0.2) is 71.2 Å². The number of halogens is 2. The summed E-state index contributed by atoms with van der Waals surface area (Å²) < 4.78 is 19.1. The lowest BCUT2D eigenvalue weighted by Gasteiger charge is -2.23. The number of hydrogen-bond acceptors (Lipinski definition) is 1. The van der Waals surface area contributed by atoms with Gasteiger partial charge in [-0.05, 0) is 65.7 Å². The maximum atomic E-state index is 13.1. The maximum absolute atomic E-state index is 13.1. The van der Waals surface area contributed by atoms with Crippen LogP contribution in [0.3, 0.4) is 0 Å². The summed E-state index contributed by atoms with van der Waals surface area (Å²) in [6, 6.07) is 18.5. The Hall–Kier alpha value is -2.36. The summed E-state index contributed by atoms with van der Waals surface area (Å²) in [6.45, 7) is 2.85. The van der Waals surface area contributed by atoms with Crippen molar-refractivity contribution in [2.45, 2.75) is 13.0 Å². The van der Waals surface area contributed by atoms with Crippen molar-refractivity contribution in [1.29, 1.82) is 0 Å². The van der Waals surface area contributed by atoms with Crippen LogP contribution in [0, 0.1) is 5.82 Å².